The highest BCUT2D eigenvalue weighted by molar-refractivity contribution is 8.18. The maximum Gasteiger partial charge on any atom is 0.290 e. The number of nitrogens with one attached hydrogen (secondary N) is 2. The normalized spacial score (nSPS) is 17.7. The molecule has 2 aliphatic rings. The molecule has 0 radical (unpaired) electrons. The predicted octanol–water partition coefficient (Wildman–Crippen LogP) is 5.14. The second kappa shape index (κ2) is 9.57. The van der Waals surface area contributed by atoms with Crippen LogP contribution < -0.4 is 16.4 Å². The Morgan fingerprint density at radius 3 is 2.00 bits per heavy atom. The van der Waals surface area contributed by atoms with Crippen molar-refractivity contribution in [2.45, 2.75) is 0 Å². The monoisotopic (exact) mass is 540 g/mol. The minimum atomic E-state index is -0.386. The molecule has 0 unspecified atom stereocenters. The van der Waals surface area contributed by atoms with Crippen LogP contribution in [-0.2, 0) is 9.59 Å². The number of nitrogens with two attached hydrogens (primary N) is 1. The SMILES string of the molecule is Nc1noc2ccc(C=C3SC(=O)NC3=O)cc12.O=C1NC(=O)C(=Cc2ccc3oc(Cl)cc3c2)S1. The zero-order valence-electron chi connectivity index (χ0n) is 17.9. The minimum Gasteiger partial charge on any atom is -0.445 e. The van der Waals surface area contributed by atoms with Crippen LogP contribution in [0, 0.1) is 0 Å². The molecule has 180 valence electrons. The second-order valence-electron chi connectivity index (χ2n) is 7.38. The Morgan fingerprint density at radius 2 is 1.42 bits per heavy atom. The van der Waals surface area contributed by atoms with Crippen molar-refractivity contribution in [1.29, 1.82) is 0 Å². The number of thioether (sulfide) groups is 2. The summed E-state index contributed by atoms with van der Waals surface area (Å²) in [5, 5.41) is 9.17. The molecular formula is C23H13ClN4O6S2. The number of carbonyl (C=O) groups excluding carboxylic acids is 4. The van der Waals surface area contributed by atoms with E-state index in [1.54, 1.807) is 48.6 Å². The number of anilines is 1. The first-order chi connectivity index (χ1) is 17.2. The van der Waals surface area contributed by atoms with Gasteiger partial charge in [0.25, 0.3) is 22.3 Å². The van der Waals surface area contributed by atoms with Crippen LogP contribution in [-0.4, -0.2) is 27.4 Å². The number of rotatable bonds is 2. The highest BCUT2D eigenvalue weighted by atomic mass is 35.5. The molecule has 10 nitrogen and oxygen atoms in total. The summed E-state index contributed by atoms with van der Waals surface area (Å²) in [5.74, 6) is -0.455. The molecule has 2 saturated heterocycles. The quantitative estimate of drug-likeness (QED) is 0.290. The molecule has 2 aromatic carbocycles. The van der Waals surface area contributed by atoms with Crippen LogP contribution in [0.2, 0.25) is 5.22 Å². The number of imide groups is 2. The van der Waals surface area contributed by atoms with Gasteiger partial charge in [-0.2, -0.15) is 0 Å². The number of amides is 4. The number of carbonyl (C=O) groups is 4. The van der Waals surface area contributed by atoms with Crippen molar-refractivity contribution >= 4 is 97.3 Å². The highest BCUT2D eigenvalue weighted by Gasteiger charge is 2.25. The second-order valence-corrected chi connectivity index (χ2v) is 9.78. The van der Waals surface area contributed by atoms with Crippen LogP contribution in [0.3, 0.4) is 0 Å². The zero-order chi connectivity index (χ0) is 25.4. The van der Waals surface area contributed by atoms with E-state index in [9.17, 15) is 19.2 Å². The Kier molecular flexibility index (Phi) is 6.31. The molecule has 36 heavy (non-hydrogen) atoms. The molecule has 2 aliphatic heterocycles. The first-order valence-electron chi connectivity index (χ1n) is 10.1. The van der Waals surface area contributed by atoms with Gasteiger partial charge in [0.05, 0.1) is 15.2 Å². The molecule has 2 aromatic heterocycles. The summed E-state index contributed by atoms with van der Waals surface area (Å²) in [5.41, 5.74) is 8.47. The van der Waals surface area contributed by atoms with E-state index in [1.165, 1.54) is 0 Å². The van der Waals surface area contributed by atoms with Crippen LogP contribution in [0.4, 0.5) is 15.4 Å². The number of furan rings is 1. The smallest absolute Gasteiger partial charge is 0.290 e. The van der Waals surface area contributed by atoms with Gasteiger partial charge >= 0.3 is 0 Å². The van der Waals surface area contributed by atoms with Crippen molar-refractivity contribution in [2.24, 2.45) is 0 Å². The van der Waals surface area contributed by atoms with E-state index in [2.05, 4.69) is 15.8 Å². The van der Waals surface area contributed by atoms with Gasteiger partial charge in [0.2, 0.25) is 0 Å². The fraction of sp³-hybridized carbons (Fsp3) is 0. The van der Waals surface area contributed by atoms with Crippen LogP contribution in [0.15, 0.2) is 61.2 Å². The Balaban J connectivity index is 0.000000148. The lowest BCUT2D eigenvalue weighted by molar-refractivity contribution is -0.116. The molecule has 0 aliphatic carbocycles. The van der Waals surface area contributed by atoms with E-state index < -0.39 is 0 Å². The minimum absolute atomic E-state index is 0.296. The van der Waals surface area contributed by atoms with Gasteiger partial charge in [0, 0.05) is 11.5 Å². The van der Waals surface area contributed by atoms with E-state index in [0.29, 0.717) is 37.4 Å². The third-order valence-corrected chi connectivity index (χ3v) is 6.72. The Bertz CT molecular complexity index is 1650. The molecule has 2 fully saturated rings. The molecular weight excluding hydrogens is 528 g/mol. The molecule has 0 atom stereocenters. The number of aromatic nitrogens is 1. The molecule has 0 bridgehead atoms. The summed E-state index contributed by atoms with van der Waals surface area (Å²) < 4.78 is 10.2. The molecule has 4 N–H and O–H groups in total. The lowest BCUT2D eigenvalue weighted by atomic mass is 10.1. The highest BCUT2D eigenvalue weighted by Crippen LogP contribution is 2.29. The molecule has 0 saturated carbocycles. The largest absolute Gasteiger partial charge is 0.445 e. The third-order valence-electron chi connectivity index (χ3n) is 4.91. The summed E-state index contributed by atoms with van der Waals surface area (Å²) in [4.78, 5) is 45.6. The van der Waals surface area contributed by atoms with Gasteiger partial charge in [-0.15, -0.1) is 0 Å². The Labute approximate surface area is 215 Å². The number of fused-ring (bicyclic) bond motifs is 2. The lowest BCUT2D eigenvalue weighted by Gasteiger charge is -1.95. The Morgan fingerprint density at radius 1 is 0.833 bits per heavy atom. The maximum absolute atomic E-state index is 11.4. The predicted molar refractivity (Wildman–Crippen MR) is 138 cm³/mol. The van der Waals surface area contributed by atoms with Crippen LogP contribution >= 0.6 is 35.1 Å². The zero-order valence-corrected chi connectivity index (χ0v) is 20.3. The van der Waals surface area contributed by atoms with Crippen molar-refractivity contribution in [3.8, 4) is 0 Å². The number of benzene rings is 2. The summed E-state index contributed by atoms with van der Waals surface area (Å²) >= 11 is 7.52. The molecule has 4 heterocycles. The fourth-order valence-electron chi connectivity index (χ4n) is 3.33. The number of halogens is 1. The van der Waals surface area contributed by atoms with Crippen molar-refractivity contribution in [1.82, 2.24) is 15.8 Å². The summed E-state index contributed by atoms with van der Waals surface area (Å²) in [6, 6.07) is 12.3. The van der Waals surface area contributed by atoms with Gasteiger partial charge < -0.3 is 14.7 Å². The molecule has 6 rings (SSSR count). The van der Waals surface area contributed by atoms with E-state index in [4.69, 9.17) is 26.3 Å². The third kappa shape index (κ3) is 5.00. The van der Waals surface area contributed by atoms with Crippen molar-refractivity contribution < 1.29 is 28.1 Å². The van der Waals surface area contributed by atoms with E-state index >= 15 is 0 Å². The average molecular weight is 541 g/mol. The first-order valence-corrected chi connectivity index (χ1v) is 12.1. The number of nitrogens with zero attached hydrogens (tertiary/aromatic N) is 1. The van der Waals surface area contributed by atoms with Crippen LogP contribution in [0.1, 0.15) is 11.1 Å². The van der Waals surface area contributed by atoms with Gasteiger partial charge in [-0.3, -0.25) is 29.8 Å². The molecule has 13 heteroatoms. The summed E-state index contributed by atoms with van der Waals surface area (Å²) in [7, 11) is 0. The molecule has 4 amide bonds. The average Bonchev–Trinajstić information content (AvgIpc) is 3.55. The molecule has 4 aromatic rings. The van der Waals surface area contributed by atoms with Crippen molar-refractivity contribution in [3.63, 3.8) is 0 Å². The van der Waals surface area contributed by atoms with Crippen LogP contribution in [0.25, 0.3) is 34.1 Å². The van der Waals surface area contributed by atoms with Gasteiger partial charge in [-0.1, -0.05) is 17.3 Å². The van der Waals surface area contributed by atoms with Gasteiger partial charge in [0.1, 0.15) is 5.58 Å². The summed E-state index contributed by atoms with van der Waals surface area (Å²) in [6.07, 6.45) is 3.28. The van der Waals surface area contributed by atoms with Gasteiger partial charge in [-0.05, 0) is 82.7 Å². The topological polar surface area (TPSA) is 158 Å². The maximum atomic E-state index is 11.4. The van der Waals surface area contributed by atoms with Crippen LogP contribution in [0.5, 0.6) is 0 Å². The molecule has 0 spiro atoms. The van der Waals surface area contributed by atoms with Gasteiger partial charge in [0.15, 0.2) is 16.6 Å². The van der Waals surface area contributed by atoms with E-state index in [0.717, 1.165) is 40.0 Å². The van der Waals surface area contributed by atoms with Crippen molar-refractivity contribution in [3.05, 3.63) is 68.6 Å². The first kappa shape index (κ1) is 23.7. The number of nitrogen functional groups attached to an aromatic ring is 1. The standard InChI is InChI=1S/C12H6ClNO3S.C11H7N3O3S/c13-10-5-7-3-6(1-2-8(7)17-10)4-9-11(15)14-12(16)18-9;12-9-6-3-5(1-2-7(6)17-14-9)4-8-10(15)13-11(16)18-8/h1-5H,(H,14,15,16);1-4H,(H2,12,14)(H,13,15,16). The number of hydrogen-bond acceptors (Lipinski definition) is 10. The fourth-order valence-corrected chi connectivity index (χ4v) is 4.89. The van der Waals surface area contributed by atoms with E-state index in [1.807, 2.05) is 6.07 Å². The van der Waals surface area contributed by atoms with E-state index in [-0.39, 0.29) is 22.3 Å². The van der Waals surface area contributed by atoms with Gasteiger partial charge in [-0.25, -0.2) is 0 Å². The Hall–Kier alpha value is -4.00. The lowest BCUT2D eigenvalue weighted by Crippen LogP contribution is -2.17. The summed E-state index contributed by atoms with van der Waals surface area (Å²) in [6.45, 7) is 0. The number of hydrogen-bond donors (Lipinski definition) is 3. The van der Waals surface area contributed by atoms with Crippen molar-refractivity contribution in [2.75, 3.05) is 5.73 Å².